The van der Waals surface area contributed by atoms with Gasteiger partial charge in [-0.3, -0.25) is 4.98 Å². The van der Waals surface area contributed by atoms with E-state index in [1.54, 1.807) is 0 Å². The number of aromatic nitrogens is 2. The van der Waals surface area contributed by atoms with Crippen molar-refractivity contribution in [1.82, 2.24) is 9.97 Å². The van der Waals surface area contributed by atoms with Gasteiger partial charge in [0.15, 0.2) is 5.69 Å². The second-order valence-electron chi connectivity index (χ2n) is 3.83. The van der Waals surface area contributed by atoms with Gasteiger partial charge in [-0.15, -0.1) is 0 Å². The van der Waals surface area contributed by atoms with Crippen molar-refractivity contribution in [3.8, 4) is 11.6 Å². The van der Waals surface area contributed by atoms with E-state index in [1.165, 1.54) is 12.1 Å². The van der Waals surface area contributed by atoms with Crippen LogP contribution < -0.4 is 4.74 Å². The molecule has 0 aliphatic carbocycles. The van der Waals surface area contributed by atoms with E-state index in [-0.39, 0.29) is 11.6 Å². The molecule has 0 saturated carbocycles. The van der Waals surface area contributed by atoms with E-state index in [0.717, 1.165) is 31.6 Å². The second-order valence-corrected chi connectivity index (χ2v) is 3.83. The minimum absolute atomic E-state index is 0.167. The molecular weight excluding hydrogens is 289 g/mol. The summed E-state index contributed by atoms with van der Waals surface area (Å²) < 4.78 is 48.0. The lowest BCUT2D eigenvalue weighted by Crippen LogP contribution is -2.08. The van der Waals surface area contributed by atoms with Gasteiger partial charge in [0.2, 0.25) is 5.88 Å². The van der Waals surface area contributed by atoms with Gasteiger partial charge >= 0.3 is 12.1 Å². The third kappa shape index (κ3) is 3.47. The van der Waals surface area contributed by atoms with E-state index in [0.29, 0.717) is 0 Å². The normalized spacial score (nSPS) is 11.0. The van der Waals surface area contributed by atoms with E-state index >= 15 is 0 Å². The molecule has 0 radical (unpaired) electrons. The van der Waals surface area contributed by atoms with Crippen molar-refractivity contribution in [2.24, 2.45) is 0 Å². The van der Waals surface area contributed by atoms with E-state index in [9.17, 15) is 18.0 Å². The number of alkyl halides is 3. The van der Waals surface area contributed by atoms with Gasteiger partial charge in [-0.05, 0) is 12.1 Å². The first-order valence-corrected chi connectivity index (χ1v) is 5.66. The fourth-order valence-electron chi connectivity index (χ4n) is 1.50. The van der Waals surface area contributed by atoms with Crippen LogP contribution in [0.15, 0.2) is 36.7 Å². The van der Waals surface area contributed by atoms with Crippen molar-refractivity contribution < 1.29 is 27.4 Å². The summed E-state index contributed by atoms with van der Waals surface area (Å²) in [6.07, 6.45) is -2.35. The Balaban J connectivity index is 2.33. The molecule has 0 aliphatic heterocycles. The zero-order valence-corrected chi connectivity index (χ0v) is 10.7. The van der Waals surface area contributed by atoms with Crippen molar-refractivity contribution in [1.29, 1.82) is 0 Å². The topological polar surface area (TPSA) is 61.3 Å². The van der Waals surface area contributed by atoms with Crippen LogP contribution in [0.4, 0.5) is 13.2 Å². The number of methoxy groups -OCH3 is 1. The number of nitrogens with zero attached hydrogens (tertiary/aromatic N) is 2. The first-order chi connectivity index (χ1) is 9.91. The summed E-state index contributed by atoms with van der Waals surface area (Å²) in [5.41, 5.74) is -1.12. The molecular formula is C13H9F3N2O3. The summed E-state index contributed by atoms with van der Waals surface area (Å²) in [6.45, 7) is 0. The molecule has 110 valence electrons. The number of hydrogen-bond donors (Lipinski definition) is 0. The SMILES string of the molecule is COC(=O)c1cncc(Oc2ccccc2C(F)(F)F)n1. The summed E-state index contributed by atoms with van der Waals surface area (Å²) in [5.74, 6) is -1.44. The van der Waals surface area contributed by atoms with E-state index in [4.69, 9.17) is 4.74 Å². The molecule has 5 nitrogen and oxygen atoms in total. The molecule has 1 aromatic heterocycles. The standard InChI is InChI=1S/C13H9F3N2O3/c1-20-12(19)9-6-17-7-11(18-9)21-10-5-3-2-4-8(10)13(14,15)16/h2-7H,1H3. The number of ether oxygens (including phenoxy) is 2. The Morgan fingerprint density at radius 3 is 2.57 bits per heavy atom. The van der Waals surface area contributed by atoms with Crippen LogP contribution >= 0.6 is 0 Å². The summed E-state index contributed by atoms with van der Waals surface area (Å²) in [7, 11) is 1.15. The summed E-state index contributed by atoms with van der Waals surface area (Å²) in [5, 5.41) is 0. The molecule has 0 aliphatic rings. The van der Waals surface area contributed by atoms with Crippen molar-refractivity contribution >= 4 is 5.97 Å². The highest BCUT2D eigenvalue weighted by atomic mass is 19.4. The molecule has 0 atom stereocenters. The molecule has 2 rings (SSSR count). The Morgan fingerprint density at radius 1 is 1.19 bits per heavy atom. The van der Waals surface area contributed by atoms with Gasteiger partial charge in [-0.25, -0.2) is 9.78 Å². The Morgan fingerprint density at radius 2 is 1.90 bits per heavy atom. The summed E-state index contributed by atoms with van der Waals surface area (Å²) in [6, 6.07) is 4.66. The Bertz CT molecular complexity index is 659. The van der Waals surface area contributed by atoms with Gasteiger partial charge in [0.1, 0.15) is 5.75 Å². The van der Waals surface area contributed by atoms with E-state index in [1.807, 2.05) is 0 Å². The minimum Gasteiger partial charge on any atom is -0.464 e. The van der Waals surface area contributed by atoms with Gasteiger partial charge in [-0.1, -0.05) is 12.1 Å². The number of esters is 1. The number of carbonyl (C=O) groups excluding carboxylic acids is 1. The number of hydrogen-bond acceptors (Lipinski definition) is 5. The number of benzene rings is 1. The zero-order valence-electron chi connectivity index (χ0n) is 10.7. The maximum atomic E-state index is 12.8. The Kier molecular flexibility index (Phi) is 4.06. The summed E-state index contributed by atoms with van der Waals surface area (Å²) >= 11 is 0. The minimum atomic E-state index is -4.57. The number of carbonyl (C=O) groups is 1. The molecule has 0 saturated heterocycles. The van der Waals surface area contributed by atoms with Crippen LogP contribution in [0.25, 0.3) is 0 Å². The van der Waals surface area contributed by atoms with Crippen LogP contribution in [-0.4, -0.2) is 23.0 Å². The number of para-hydroxylation sites is 1. The molecule has 1 aromatic carbocycles. The van der Waals surface area contributed by atoms with Gasteiger partial charge in [0, 0.05) is 0 Å². The van der Waals surface area contributed by atoms with Crippen LogP contribution in [-0.2, 0) is 10.9 Å². The van der Waals surface area contributed by atoms with Gasteiger partial charge in [0.25, 0.3) is 0 Å². The highest BCUT2D eigenvalue weighted by Gasteiger charge is 2.34. The molecule has 0 fully saturated rings. The van der Waals surface area contributed by atoms with Crippen LogP contribution in [0.1, 0.15) is 16.1 Å². The van der Waals surface area contributed by atoms with E-state index in [2.05, 4.69) is 14.7 Å². The molecule has 8 heteroatoms. The van der Waals surface area contributed by atoms with Gasteiger partial charge in [0.05, 0.1) is 25.1 Å². The van der Waals surface area contributed by atoms with E-state index < -0.39 is 23.5 Å². The Hall–Kier alpha value is -2.64. The molecule has 1 heterocycles. The third-order valence-corrected chi connectivity index (χ3v) is 2.41. The first kappa shape index (κ1) is 14.8. The van der Waals surface area contributed by atoms with Crippen LogP contribution in [0.2, 0.25) is 0 Å². The summed E-state index contributed by atoms with van der Waals surface area (Å²) in [4.78, 5) is 18.7. The number of rotatable bonds is 3. The van der Waals surface area contributed by atoms with Crippen LogP contribution in [0.5, 0.6) is 11.6 Å². The molecule has 2 aromatic rings. The van der Waals surface area contributed by atoms with Crippen molar-refractivity contribution in [3.63, 3.8) is 0 Å². The monoisotopic (exact) mass is 298 g/mol. The molecule has 0 spiro atoms. The molecule has 0 N–H and O–H groups in total. The van der Waals surface area contributed by atoms with Crippen LogP contribution in [0.3, 0.4) is 0 Å². The second kappa shape index (κ2) is 5.78. The van der Waals surface area contributed by atoms with Crippen molar-refractivity contribution in [3.05, 3.63) is 47.9 Å². The highest BCUT2D eigenvalue weighted by molar-refractivity contribution is 5.86. The maximum absolute atomic E-state index is 12.8. The van der Waals surface area contributed by atoms with Crippen LogP contribution in [0, 0.1) is 0 Å². The Labute approximate surface area is 117 Å². The molecule has 0 amide bonds. The smallest absolute Gasteiger partial charge is 0.419 e. The quantitative estimate of drug-likeness (QED) is 0.815. The average Bonchev–Trinajstić information content (AvgIpc) is 2.46. The first-order valence-electron chi connectivity index (χ1n) is 5.66. The predicted molar refractivity (Wildman–Crippen MR) is 64.9 cm³/mol. The fourth-order valence-corrected chi connectivity index (χ4v) is 1.50. The molecule has 0 bridgehead atoms. The van der Waals surface area contributed by atoms with Crippen molar-refractivity contribution in [2.45, 2.75) is 6.18 Å². The largest absolute Gasteiger partial charge is 0.464 e. The lowest BCUT2D eigenvalue weighted by atomic mass is 10.2. The predicted octanol–water partition coefficient (Wildman–Crippen LogP) is 3.07. The number of halogens is 3. The lowest BCUT2D eigenvalue weighted by molar-refractivity contribution is -0.138. The zero-order chi connectivity index (χ0) is 15.5. The molecule has 0 unspecified atom stereocenters. The maximum Gasteiger partial charge on any atom is 0.419 e. The fraction of sp³-hybridized carbons (Fsp3) is 0.154. The lowest BCUT2D eigenvalue weighted by Gasteiger charge is -2.12. The van der Waals surface area contributed by atoms with Gasteiger partial charge in [-0.2, -0.15) is 13.2 Å². The molecule has 21 heavy (non-hydrogen) atoms. The average molecular weight is 298 g/mol. The van der Waals surface area contributed by atoms with Crippen molar-refractivity contribution in [2.75, 3.05) is 7.11 Å². The van der Waals surface area contributed by atoms with Gasteiger partial charge < -0.3 is 9.47 Å². The third-order valence-electron chi connectivity index (χ3n) is 2.41. The highest BCUT2D eigenvalue weighted by Crippen LogP contribution is 2.37.